The molecule has 1 fully saturated rings. The molecule has 1 atom stereocenters. The number of carbonyl (C=O) groups excluding carboxylic acids is 2. The highest BCUT2D eigenvalue weighted by Crippen LogP contribution is 2.43. The average Bonchev–Trinajstić information content (AvgIpc) is 3.48. The van der Waals surface area contributed by atoms with Crippen LogP contribution in [-0.2, 0) is 9.47 Å². The summed E-state index contributed by atoms with van der Waals surface area (Å²) in [7, 11) is 0. The van der Waals surface area contributed by atoms with Crippen molar-refractivity contribution < 1.29 is 28.3 Å². The fourth-order valence-electron chi connectivity index (χ4n) is 4.05. The Hall–Kier alpha value is -4.51. The Morgan fingerprint density at radius 3 is 2.63 bits per heavy atom. The smallest absolute Gasteiger partial charge is 0.341 e. The molecule has 1 aliphatic carbocycles. The minimum Gasteiger partial charge on any atom is -0.455 e. The van der Waals surface area contributed by atoms with E-state index < -0.39 is 23.8 Å². The molecule has 2 aliphatic rings. The first-order valence-electron chi connectivity index (χ1n) is 12.2. The predicted molar refractivity (Wildman–Crippen MR) is 133 cm³/mol. The Bertz CT molecular complexity index is 1520. The van der Waals surface area contributed by atoms with Gasteiger partial charge in [-0.1, -0.05) is 23.4 Å². The molecule has 2 N–H and O–H groups in total. The van der Waals surface area contributed by atoms with Gasteiger partial charge in [-0.25, -0.2) is 14.6 Å². The first kappa shape index (κ1) is 23.9. The molecule has 11 heteroatoms. The van der Waals surface area contributed by atoms with Gasteiger partial charge in [0.15, 0.2) is 0 Å². The van der Waals surface area contributed by atoms with Crippen LogP contribution in [0.2, 0.25) is 0 Å². The summed E-state index contributed by atoms with van der Waals surface area (Å²) in [5.74, 6) is 0.254. The zero-order chi connectivity index (χ0) is 26.4. The topological polar surface area (TPSA) is 145 Å². The van der Waals surface area contributed by atoms with E-state index in [1.165, 1.54) is 6.07 Å². The largest absolute Gasteiger partial charge is 0.455 e. The molecule has 0 radical (unpaired) electrons. The van der Waals surface area contributed by atoms with Crippen molar-refractivity contribution in [3.63, 3.8) is 0 Å². The number of aromatic nitrogens is 4. The van der Waals surface area contributed by atoms with Gasteiger partial charge in [0.25, 0.3) is 6.29 Å². The van der Waals surface area contributed by atoms with E-state index in [2.05, 4.69) is 15.1 Å². The monoisotopic (exact) mass is 515 g/mol. The van der Waals surface area contributed by atoms with Crippen LogP contribution in [0.15, 0.2) is 59.4 Å². The first-order valence-corrected chi connectivity index (χ1v) is 12.2. The predicted octanol–water partition coefficient (Wildman–Crippen LogP) is 3.94. The van der Waals surface area contributed by atoms with Gasteiger partial charge in [-0.15, -0.1) is 0 Å². The summed E-state index contributed by atoms with van der Waals surface area (Å²) in [5, 5.41) is 4.11. The third-order valence-corrected chi connectivity index (χ3v) is 6.38. The van der Waals surface area contributed by atoms with Crippen molar-refractivity contribution >= 4 is 11.9 Å². The minimum absolute atomic E-state index is 0.164. The van der Waals surface area contributed by atoms with Crippen LogP contribution in [0.3, 0.4) is 0 Å². The first-order chi connectivity index (χ1) is 18.3. The Balaban J connectivity index is 1.39. The van der Waals surface area contributed by atoms with Gasteiger partial charge in [-0.05, 0) is 57.0 Å². The zero-order valence-corrected chi connectivity index (χ0v) is 20.8. The van der Waals surface area contributed by atoms with Crippen molar-refractivity contribution in [3.05, 3.63) is 77.6 Å². The summed E-state index contributed by atoms with van der Waals surface area (Å²) in [5.41, 5.74) is 6.86. The lowest BCUT2D eigenvalue weighted by Gasteiger charge is -2.28. The van der Waals surface area contributed by atoms with Crippen LogP contribution in [0.5, 0.6) is 5.75 Å². The summed E-state index contributed by atoms with van der Waals surface area (Å²) in [6, 6.07) is 13.4. The number of hydrogen-bond donors (Lipinski definition) is 1. The highest BCUT2D eigenvalue weighted by Gasteiger charge is 2.37. The molecule has 6 rings (SSSR count). The summed E-state index contributed by atoms with van der Waals surface area (Å²) >= 11 is 0. The molecule has 194 valence electrons. The van der Waals surface area contributed by atoms with E-state index in [4.69, 9.17) is 24.5 Å². The number of imidazole rings is 1. The maximum atomic E-state index is 13.0. The Morgan fingerprint density at radius 1 is 1.11 bits per heavy atom. The molecule has 11 nitrogen and oxygen atoms in total. The van der Waals surface area contributed by atoms with Crippen LogP contribution in [0.4, 0.5) is 0 Å². The zero-order valence-electron chi connectivity index (χ0n) is 20.8. The van der Waals surface area contributed by atoms with Crippen LogP contribution in [0.1, 0.15) is 71.2 Å². The van der Waals surface area contributed by atoms with Gasteiger partial charge >= 0.3 is 11.9 Å². The second-order valence-corrected chi connectivity index (χ2v) is 9.84. The van der Waals surface area contributed by atoms with E-state index in [0.717, 1.165) is 12.8 Å². The number of benzene rings is 2. The Morgan fingerprint density at radius 2 is 1.89 bits per heavy atom. The Kier molecular flexibility index (Phi) is 5.72. The molecule has 1 saturated carbocycles. The molecule has 2 aromatic heterocycles. The van der Waals surface area contributed by atoms with E-state index in [-0.39, 0.29) is 23.9 Å². The SMILES string of the molecule is CC(C)(CN)OC(=O)c1ccc2c(c1)OC(OC(=O)c1ccccc1)c1c(-c3noc(C4CC4)n3)ncn1-2. The number of esters is 2. The van der Waals surface area contributed by atoms with Gasteiger partial charge < -0.3 is 24.5 Å². The van der Waals surface area contributed by atoms with Gasteiger partial charge in [0.2, 0.25) is 11.7 Å². The highest BCUT2D eigenvalue weighted by atomic mass is 16.7. The third-order valence-electron chi connectivity index (χ3n) is 6.38. The van der Waals surface area contributed by atoms with Crippen molar-refractivity contribution in [2.45, 2.75) is 44.5 Å². The number of ether oxygens (including phenoxy) is 3. The average molecular weight is 516 g/mol. The van der Waals surface area contributed by atoms with Crippen molar-refractivity contribution in [2.24, 2.45) is 5.73 Å². The number of rotatable bonds is 7. The molecular formula is C27H25N5O6. The third kappa shape index (κ3) is 4.41. The van der Waals surface area contributed by atoms with E-state index in [9.17, 15) is 9.59 Å². The van der Waals surface area contributed by atoms with Crippen LogP contribution < -0.4 is 10.5 Å². The standard InChI is InChI=1S/C27H25N5O6/c1-27(2,13-28)37-25(34)17-10-11-18-19(12-17)35-26(36-24(33)16-6-4-3-5-7-16)21-20(29-14-32(18)21)22-30-23(38-31-22)15-8-9-15/h3-7,10-12,14-15,26H,8-9,13,28H2,1-2H3. The van der Waals surface area contributed by atoms with Crippen molar-refractivity contribution in [3.8, 4) is 23.0 Å². The normalized spacial score (nSPS) is 16.2. The minimum atomic E-state index is -1.21. The van der Waals surface area contributed by atoms with Crippen LogP contribution >= 0.6 is 0 Å². The molecule has 0 saturated heterocycles. The molecule has 2 aromatic carbocycles. The van der Waals surface area contributed by atoms with Crippen molar-refractivity contribution in [1.82, 2.24) is 19.7 Å². The number of carbonyl (C=O) groups is 2. The van der Waals surface area contributed by atoms with Crippen LogP contribution in [-0.4, -0.2) is 43.8 Å². The van der Waals surface area contributed by atoms with Gasteiger partial charge in [-0.3, -0.25) is 4.57 Å². The maximum Gasteiger partial charge on any atom is 0.341 e. The fraction of sp³-hybridized carbons (Fsp3) is 0.296. The van der Waals surface area contributed by atoms with Crippen molar-refractivity contribution in [1.29, 1.82) is 0 Å². The second kappa shape index (κ2) is 9.10. The van der Waals surface area contributed by atoms with Crippen LogP contribution in [0, 0.1) is 0 Å². The highest BCUT2D eigenvalue weighted by molar-refractivity contribution is 5.91. The van der Waals surface area contributed by atoms with Gasteiger partial charge in [0.05, 0.1) is 16.8 Å². The Labute approximate surface area is 217 Å². The molecule has 4 aromatic rings. The molecule has 1 unspecified atom stereocenters. The lowest BCUT2D eigenvalue weighted by Crippen LogP contribution is -2.36. The lowest BCUT2D eigenvalue weighted by atomic mass is 10.1. The van der Waals surface area contributed by atoms with E-state index in [0.29, 0.717) is 34.3 Å². The summed E-state index contributed by atoms with van der Waals surface area (Å²) in [6.07, 6.45) is 2.37. The molecule has 38 heavy (non-hydrogen) atoms. The molecule has 0 bridgehead atoms. The summed E-state index contributed by atoms with van der Waals surface area (Å²) in [4.78, 5) is 34.8. The molecular weight excluding hydrogens is 490 g/mol. The molecule has 0 amide bonds. The second-order valence-electron chi connectivity index (χ2n) is 9.84. The quantitative estimate of drug-likeness (QED) is 0.359. The van der Waals surface area contributed by atoms with Gasteiger partial charge in [0, 0.05) is 12.5 Å². The lowest BCUT2D eigenvalue weighted by molar-refractivity contribution is -0.0574. The van der Waals surface area contributed by atoms with E-state index in [1.54, 1.807) is 67.2 Å². The fourth-order valence-corrected chi connectivity index (χ4v) is 4.05. The number of hydrogen-bond acceptors (Lipinski definition) is 10. The molecule has 3 heterocycles. The van der Waals surface area contributed by atoms with E-state index >= 15 is 0 Å². The summed E-state index contributed by atoms with van der Waals surface area (Å²) in [6.45, 7) is 3.62. The van der Waals surface area contributed by atoms with Crippen LogP contribution in [0.25, 0.3) is 17.2 Å². The molecule has 1 aliphatic heterocycles. The molecule has 0 spiro atoms. The van der Waals surface area contributed by atoms with Gasteiger partial charge in [-0.2, -0.15) is 4.98 Å². The van der Waals surface area contributed by atoms with Gasteiger partial charge in [0.1, 0.15) is 29.1 Å². The number of nitrogens with two attached hydrogens (primary N) is 1. The number of fused-ring (bicyclic) bond motifs is 3. The summed E-state index contributed by atoms with van der Waals surface area (Å²) < 4.78 is 24.6. The maximum absolute atomic E-state index is 13.0. The van der Waals surface area contributed by atoms with E-state index in [1.807, 2.05) is 0 Å². The number of nitrogens with zero attached hydrogens (tertiary/aromatic N) is 4. The van der Waals surface area contributed by atoms with Crippen molar-refractivity contribution in [2.75, 3.05) is 6.54 Å².